The highest BCUT2D eigenvalue weighted by molar-refractivity contribution is 5.80. The monoisotopic (exact) mass is 265 g/mol. The molecule has 0 spiro atoms. The number of hydrogen-bond donors (Lipinski definition) is 1. The summed E-state index contributed by atoms with van der Waals surface area (Å²) in [5.41, 5.74) is 0. The second-order valence-corrected chi connectivity index (χ2v) is 4.43. The Labute approximate surface area is 115 Å². The SMILES string of the molecule is CCCCCNC(=O)[C@H](C)Oc1ccc(OC)cc1. The van der Waals surface area contributed by atoms with Crippen molar-refractivity contribution in [2.45, 2.75) is 39.2 Å². The molecule has 0 fully saturated rings. The molecule has 0 bridgehead atoms. The van der Waals surface area contributed by atoms with Gasteiger partial charge in [0.1, 0.15) is 11.5 Å². The van der Waals surface area contributed by atoms with Gasteiger partial charge in [-0.05, 0) is 37.6 Å². The zero-order valence-electron chi connectivity index (χ0n) is 11.9. The standard InChI is InChI=1S/C15H23NO3/c1-4-5-6-11-16-15(17)12(2)19-14-9-7-13(18-3)8-10-14/h7-10,12H,4-6,11H2,1-3H3,(H,16,17)/t12-/m0/s1. The molecule has 1 N–H and O–H groups in total. The molecule has 1 aromatic carbocycles. The van der Waals surface area contributed by atoms with E-state index in [9.17, 15) is 4.79 Å². The first-order valence-electron chi connectivity index (χ1n) is 6.75. The van der Waals surface area contributed by atoms with Crippen LogP contribution >= 0.6 is 0 Å². The van der Waals surface area contributed by atoms with E-state index in [1.165, 1.54) is 0 Å². The van der Waals surface area contributed by atoms with E-state index in [-0.39, 0.29) is 5.91 Å². The number of ether oxygens (including phenoxy) is 2. The van der Waals surface area contributed by atoms with Crippen molar-refractivity contribution >= 4 is 5.91 Å². The maximum atomic E-state index is 11.8. The van der Waals surface area contributed by atoms with Crippen molar-refractivity contribution < 1.29 is 14.3 Å². The molecule has 0 heterocycles. The van der Waals surface area contributed by atoms with Crippen molar-refractivity contribution in [2.75, 3.05) is 13.7 Å². The largest absolute Gasteiger partial charge is 0.497 e. The van der Waals surface area contributed by atoms with Crippen LogP contribution in [0.15, 0.2) is 24.3 Å². The molecule has 0 radical (unpaired) electrons. The number of carbonyl (C=O) groups excluding carboxylic acids is 1. The molecule has 4 nitrogen and oxygen atoms in total. The van der Waals surface area contributed by atoms with Gasteiger partial charge in [0.15, 0.2) is 6.10 Å². The van der Waals surface area contributed by atoms with Gasteiger partial charge >= 0.3 is 0 Å². The Morgan fingerprint density at radius 1 is 1.21 bits per heavy atom. The van der Waals surface area contributed by atoms with Crippen molar-refractivity contribution in [1.29, 1.82) is 0 Å². The fourth-order valence-corrected chi connectivity index (χ4v) is 1.64. The molecule has 19 heavy (non-hydrogen) atoms. The number of amides is 1. The first-order chi connectivity index (χ1) is 9.17. The van der Waals surface area contributed by atoms with Crippen LogP contribution in [0.3, 0.4) is 0 Å². The van der Waals surface area contributed by atoms with Crippen LogP contribution in [0.25, 0.3) is 0 Å². The third-order valence-corrected chi connectivity index (χ3v) is 2.82. The molecule has 1 amide bonds. The molecule has 106 valence electrons. The van der Waals surface area contributed by atoms with E-state index < -0.39 is 6.10 Å². The minimum Gasteiger partial charge on any atom is -0.497 e. The van der Waals surface area contributed by atoms with Gasteiger partial charge in [-0.3, -0.25) is 4.79 Å². The highest BCUT2D eigenvalue weighted by Gasteiger charge is 2.13. The first kappa shape index (κ1) is 15.3. The number of methoxy groups -OCH3 is 1. The van der Waals surface area contributed by atoms with Gasteiger partial charge in [-0.1, -0.05) is 19.8 Å². The minimum absolute atomic E-state index is 0.0769. The minimum atomic E-state index is -0.491. The zero-order chi connectivity index (χ0) is 14.1. The quantitative estimate of drug-likeness (QED) is 0.735. The van der Waals surface area contributed by atoms with E-state index in [0.29, 0.717) is 12.3 Å². The number of hydrogen-bond acceptors (Lipinski definition) is 3. The molecule has 0 aliphatic heterocycles. The van der Waals surface area contributed by atoms with Gasteiger partial charge in [-0.15, -0.1) is 0 Å². The molecular weight excluding hydrogens is 242 g/mol. The summed E-state index contributed by atoms with van der Waals surface area (Å²) in [5, 5.41) is 2.87. The van der Waals surface area contributed by atoms with Crippen LogP contribution in [0.1, 0.15) is 33.1 Å². The van der Waals surface area contributed by atoms with Crippen molar-refractivity contribution in [3.8, 4) is 11.5 Å². The molecule has 1 atom stereocenters. The molecule has 0 saturated carbocycles. The van der Waals surface area contributed by atoms with Gasteiger partial charge in [-0.25, -0.2) is 0 Å². The van der Waals surface area contributed by atoms with E-state index in [1.54, 1.807) is 38.3 Å². The number of benzene rings is 1. The summed E-state index contributed by atoms with van der Waals surface area (Å²) in [7, 11) is 1.61. The Hall–Kier alpha value is -1.71. The fourth-order valence-electron chi connectivity index (χ4n) is 1.64. The summed E-state index contributed by atoms with van der Waals surface area (Å²) >= 11 is 0. The van der Waals surface area contributed by atoms with Crippen molar-refractivity contribution in [3.05, 3.63) is 24.3 Å². The van der Waals surface area contributed by atoms with E-state index in [2.05, 4.69) is 12.2 Å². The highest BCUT2D eigenvalue weighted by Crippen LogP contribution is 2.18. The topological polar surface area (TPSA) is 47.6 Å². The second-order valence-electron chi connectivity index (χ2n) is 4.43. The van der Waals surface area contributed by atoms with Crippen molar-refractivity contribution in [3.63, 3.8) is 0 Å². The third-order valence-electron chi connectivity index (χ3n) is 2.82. The van der Waals surface area contributed by atoms with Crippen LogP contribution < -0.4 is 14.8 Å². The predicted octanol–water partition coefficient (Wildman–Crippen LogP) is 2.77. The molecule has 0 saturated heterocycles. The van der Waals surface area contributed by atoms with Crippen LogP contribution in [-0.2, 0) is 4.79 Å². The highest BCUT2D eigenvalue weighted by atomic mass is 16.5. The Bertz CT molecular complexity index is 375. The lowest BCUT2D eigenvalue weighted by molar-refractivity contribution is -0.127. The molecular formula is C15H23NO3. The lowest BCUT2D eigenvalue weighted by Gasteiger charge is -2.14. The summed E-state index contributed by atoms with van der Waals surface area (Å²) in [5.74, 6) is 1.35. The Balaban J connectivity index is 2.35. The van der Waals surface area contributed by atoms with Crippen molar-refractivity contribution in [2.24, 2.45) is 0 Å². The van der Waals surface area contributed by atoms with E-state index in [4.69, 9.17) is 9.47 Å². The molecule has 0 unspecified atom stereocenters. The molecule has 1 aromatic rings. The number of nitrogens with one attached hydrogen (secondary N) is 1. The summed E-state index contributed by atoms with van der Waals surface area (Å²) in [6.07, 6.45) is 2.80. The Morgan fingerprint density at radius 3 is 2.42 bits per heavy atom. The zero-order valence-corrected chi connectivity index (χ0v) is 11.9. The van der Waals surface area contributed by atoms with Gasteiger partial charge in [0, 0.05) is 6.54 Å². The van der Waals surface area contributed by atoms with E-state index in [1.807, 2.05) is 0 Å². The van der Waals surface area contributed by atoms with Crippen molar-refractivity contribution in [1.82, 2.24) is 5.32 Å². The molecule has 0 aliphatic carbocycles. The lowest BCUT2D eigenvalue weighted by atomic mass is 10.2. The van der Waals surface area contributed by atoms with Crippen LogP contribution in [-0.4, -0.2) is 25.7 Å². The number of carbonyl (C=O) groups is 1. The van der Waals surface area contributed by atoms with Crippen LogP contribution in [0.2, 0.25) is 0 Å². The molecule has 0 aliphatic rings. The fraction of sp³-hybridized carbons (Fsp3) is 0.533. The molecule has 0 aromatic heterocycles. The summed E-state index contributed by atoms with van der Waals surface area (Å²) in [4.78, 5) is 11.8. The van der Waals surface area contributed by atoms with Crippen LogP contribution in [0, 0.1) is 0 Å². The summed E-state index contributed by atoms with van der Waals surface area (Å²) in [6.45, 7) is 4.60. The van der Waals surface area contributed by atoms with Crippen LogP contribution in [0.4, 0.5) is 0 Å². The predicted molar refractivity (Wildman–Crippen MR) is 75.6 cm³/mol. The van der Waals surface area contributed by atoms with Gasteiger partial charge in [-0.2, -0.15) is 0 Å². The van der Waals surface area contributed by atoms with Crippen LogP contribution in [0.5, 0.6) is 11.5 Å². The maximum absolute atomic E-state index is 11.8. The lowest BCUT2D eigenvalue weighted by Crippen LogP contribution is -2.36. The average Bonchev–Trinajstić information content (AvgIpc) is 2.44. The van der Waals surface area contributed by atoms with Gasteiger partial charge < -0.3 is 14.8 Å². The van der Waals surface area contributed by atoms with Gasteiger partial charge in [0.25, 0.3) is 5.91 Å². The first-order valence-corrected chi connectivity index (χ1v) is 6.75. The Kier molecular flexibility index (Phi) is 6.79. The summed E-state index contributed by atoms with van der Waals surface area (Å²) < 4.78 is 10.6. The van der Waals surface area contributed by atoms with E-state index in [0.717, 1.165) is 25.0 Å². The van der Waals surface area contributed by atoms with E-state index >= 15 is 0 Å². The smallest absolute Gasteiger partial charge is 0.260 e. The number of unbranched alkanes of at least 4 members (excludes halogenated alkanes) is 2. The number of rotatable bonds is 8. The molecule has 1 rings (SSSR count). The third kappa shape index (κ3) is 5.64. The second kappa shape index (κ2) is 8.40. The average molecular weight is 265 g/mol. The summed E-state index contributed by atoms with van der Waals surface area (Å²) in [6, 6.07) is 7.20. The molecule has 4 heteroatoms. The normalized spacial score (nSPS) is 11.7. The maximum Gasteiger partial charge on any atom is 0.260 e. The van der Waals surface area contributed by atoms with Gasteiger partial charge in [0.2, 0.25) is 0 Å². The van der Waals surface area contributed by atoms with Gasteiger partial charge in [0.05, 0.1) is 7.11 Å². The Morgan fingerprint density at radius 2 is 1.84 bits per heavy atom.